The first-order valence-electron chi connectivity index (χ1n) is 6.14. The zero-order chi connectivity index (χ0) is 15.4. The molecule has 1 heterocycles. The maximum atomic E-state index is 13.2. The lowest BCUT2D eigenvalue weighted by molar-refractivity contribution is -0.138. The molecule has 7 heteroatoms. The maximum absolute atomic E-state index is 13.2. The molecule has 0 unspecified atom stereocenters. The van der Waals surface area contributed by atoms with Crippen LogP contribution in [-0.4, -0.2) is 39.3 Å². The highest BCUT2D eigenvalue weighted by Crippen LogP contribution is 2.34. The van der Waals surface area contributed by atoms with E-state index in [0.29, 0.717) is 18.0 Å². The number of carbonyl (C=O) groups excluding carboxylic acids is 2. The lowest BCUT2D eigenvalue weighted by atomic mass is 10.2. The van der Waals surface area contributed by atoms with E-state index >= 15 is 0 Å². The van der Waals surface area contributed by atoms with Crippen LogP contribution in [0.1, 0.15) is 0 Å². The maximum Gasteiger partial charge on any atom is 0.354 e. The Morgan fingerprint density at radius 1 is 1.33 bits per heavy atom. The number of nitrogens with zero attached hydrogens (tertiary/aromatic N) is 1. The van der Waals surface area contributed by atoms with Gasteiger partial charge in [-0.1, -0.05) is 0 Å². The molecule has 21 heavy (non-hydrogen) atoms. The Labute approximate surface area is 120 Å². The van der Waals surface area contributed by atoms with Gasteiger partial charge >= 0.3 is 11.9 Å². The van der Waals surface area contributed by atoms with Gasteiger partial charge in [-0.3, -0.25) is 0 Å². The minimum Gasteiger partial charge on any atom is -0.489 e. The van der Waals surface area contributed by atoms with Crippen LogP contribution in [0.5, 0.6) is 5.75 Å². The molecule has 2 rings (SSSR count). The molecular weight excluding hydrogens is 281 g/mol. The van der Waals surface area contributed by atoms with Crippen molar-refractivity contribution in [1.82, 2.24) is 0 Å². The van der Waals surface area contributed by atoms with E-state index in [0.717, 1.165) is 6.08 Å². The summed E-state index contributed by atoms with van der Waals surface area (Å²) in [5.41, 5.74) is 0.476. The molecule has 1 aliphatic heterocycles. The fourth-order valence-corrected chi connectivity index (χ4v) is 1.97. The van der Waals surface area contributed by atoms with Crippen molar-refractivity contribution in [1.29, 1.82) is 0 Å². The normalized spacial score (nSPS) is 14.0. The molecule has 0 aliphatic carbocycles. The summed E-state index contributed by atoms with van der Waals surface area (Å²) in [5.74, 6) is -1.55. The summed E-state index contributed by atoms with van der Waals surface area (Å²) in [4.78, 5) is 24.8. The second-order valence-corrected chi connectivity index (χ2v) is 4.16. The lowest BCUT2D eigenvalue weighted by Gasteiger charge is -2.31. The van der Waals surface area contributed by atoms with Crippen molar-refractivity contribution in [2.24, 2.45) is 0 Å². The Balaban J connectivity index is 2.45. The van der Waals surface area contributed by atoms with Gasteiger partial charge in [0.25, 0.3) is 0 Å². The molecule has 112 valence electrons. The first-order chi connectivity index (χ1) is 10.1. The van der Waals surface area contributed by atoms with E-state index in [-0.39, 0.29) is 12.3 Å². The molecule has 0 amide bonds. The van der Waals surface area contributed by atoms with Crippen molar-refractivity contribution in [3.05, 3.63) is 35.8 Å². The van der Waals surface area contributed by atoms with Crippen LogP contribution < -0.4 is 9.64 Å². The van der Waals surface area contributed by atoms with Crippen molar-refractivity contribution in [2.75, 3.05) is 32.3 Å². The first kappa shape index (κ1) is 14.8. The number of anilines is 1. The van der Waals surface area contributed by atoms with Gasteiger partial charge in [0.05, 0.1) is 32.5 Å². The molecule has 0 spiro atoms. The minimum absolute atomic E-state index is 0.000471. The summed E-state index contributed by atoms with van der Waals surface area (Å²) >= 11 is 0. The summed E-state index contributed by atoms with van der Waals surface area (Å²) in [7, 11) is 2.41. The van der Waals surface area contributed by atoms with Crippen molar-refractivity contribution >= 4 is 17.6 Å². The van der Waals surface area contributed by atoms with Gasteiger partial charge in [-0.15, -0.1) is 0 Å². The number of fused-ring (bicyclic) bond motifs is 1. The van der Waals surface area contributed by atoms with Crippen molar-refractivity contribution in [3.63, 3.8) is 0 Å². The van der Waals surface area contributed by atoms with Gasteiger partial charge in [0.2, 0.25) is 0 Å². The molecule has 0 fully saturated rings. The fraction of sp³-hybridized carbons (Fsp3) is 0.286. The zero-order valence-corrected chi connectivity index (χ0v) is 11.6. The fourth-order valence-electron chi connectivity index (χ4n) is 1.97. The summed E-state index contributed by atoms with van der Waals surface area (Å²) in [5, 5.41) is 0. The number of hydrogen-bond donors (Lipinski definition) is 0. The van der Waals surface area contributed by atoms with Crippen LogP contribution in [0.3, 0.4) is 0 Å². The van der Waals surface area contributed by atoms with Crippen molar-refractivity contribution in [2.45, 2.75) is 0 Å². The summed E-state index contributed by atoms with van der Waals surface area (Å²) in [6, 6.07) is 3.93. The van der Waals surface area contributed by atoms with Gasteiger partial charge in [-0.25, -0.2) is 14.0 Å². The van der Waals surface area contributed by atoms with Gasteiger partial charge in [0, 0.05) is 6.07 Å². The van der Waals surface area contributed by atoms with Crippen LogP contribution in [0.25, 0.3) is 0 Å². The number of rotatable bonds is 3. The van der Waals surface area contributed by atoms with Crippen molar-refractivity contribution in [3.8, 4) is 5.75 Å². The second-order valence-electron chi connectivity index (χ2n) is 4.16. The standard InChI is InChI=1S/C14H14FNO5/c1-19-13(17)8-11(14(18)20-2)16-5-6-21-12-7-9(15)3-4-10(12)16/h3-4,7-8H,5-6H2,1-2H3/b11-8+. The van der Waals surface area contributed by atoms with Gasteiger partial charge in [0.1, 0.15) is 23.9 Å². The van der Waals surface area contributed by atoms with Crippen LogP contribution in [0, 0.1) is 5.82 Å². The molecule has 1 aliphatic rings. The average molecular weight is 295 g/mol. The van der Waals surface area contributed by atoms with Gasteiger partial charge in [-0.05, 0) is 12.1 Å². The quantitative estimate of drug-likeness (QED) is 0.618. The van der Waals surface area contributed by atoms with E-state index in [2.05, 4.69) is 9.47 Å². The molecular formula is C14H14FNO5. The van der Waals surface area contributed by atoms with Crippen molar-refractivity contribution < 1.29 is 28.2 Å². The molecule has 0 saturated carbocycles. The van der Waals surface area contributed by atoms with E-state index in [1.54, 1.807) is 0 Å². The summed E-state index contributed by atoms with van der Waals surface area (Å²) < 4.78 is 27.8. The first-order valence-corrected chi connectivity index (χ1v) is 6.14. The number of hydrogen-bond acceptors (Lipinski definition) is 6. The third kappa shape index (κ3) is 3.13. The molecule has 0 aromatic heterocycles. The van der Waals surface area contributed by atoms with Crippen LogP contribution >= 0.6 is 0 Å². The van der Waals surface area contributed by atoms with E-state index < -0.39 is 17.8 Å². The zero-order valence-electron chi connectivity index (χ0n) is 11.6. The number of carbonyl (C=O) groups is 2. The number of methoxy groups -OCH3 is 2. The van der Waals surface area contributed by atoms with E-state index in [4.69, 9.17) is 4.74 Å². The molecule has 6 nitrogen and oxygen atoms in total. The Bertz CT molecular complexity index is 599. The number of ether oxygens (including phenoxy) is 3. The number of esters is 2. The monoisotopic (exact) mass is 295 g/mol. The van der Waals surface area contributed by atoms with E-state index in [1.165, 1.54) is 37.3 Å². The molecule has 1 aromatic carbocycles. The smallest absolute Gasteiger partial charge is 0.354 e. The van der Waals surface area contributed by atoms with Crippen LogP contribution in [0.15, 0.2) is 30.0 Å². The number of halogens is 1. The Morgan fingerprint density at radius 3 is 2.76 bits per heavy atom. The molecule has 0 saturated heterocycles. The van der Waals surface area contributed by atoms with Gasteiger partial charge in [-0.2, -0.15) is 0 Å². The van der Waals surface area contributed by atoms with Crippen LogP contribution in [0.4, 0.5) is 10.1 Å². The Kier molecular flexibility index (Phi) is 4.42. The highest BCUT2D eigenvalue weighted by molar-refractivity contribution is 5.99. The largest absolute Gasteiger partial charge is 0.489 e. The predicted molar refractivity (Wildman–Crippen MR) is 71.4 cm³/mol. The molecule has 0 atom stereocenters. The van der Waals surface area contributed by atoms with Crippen LogP contribution in [-0.2, 0) is 19.1 Å². The third-order valence-corrected chi connectivity index (χ3v) is 2.93. The molecule has 0 radical (unpaired) electrons. The Morgan fingerprint density at radius 2 is 2.10 bits per heavy atom. The van der Waals surface area contributed by atoms with E-state index in [1.807, 2.05) is 0 Å². The summed E-state index contributed by atoms with van der Waals surface area (Å²) in [6.07, 6.45) is 1.03. The van der Waals surface area contributed by atoms with Crippen LogP contribution in [0.2, 0.25) is 0 Å². The van der Waals surface area contributed by atoms with Gasteiger partial charge < -0.3 is 19.1 Å². The molecule has 0 N–H and O–H groups in total. The topological polar surface area (TPSA) is 65.1 Å². The SMILES string of the molecule is COC(=O)/C=C(\C(=O)OC)N1CCOc2cc(F)ccc21. The van der Waals surface area contributed by atoms with Gasteiger partial charge in [0.15, 0.2) is 0 Å². The highest BCUT2D eigenvalue weighted by Gasteiger charge is 2.27. The minimum atomic E-state index is -0.697. The molecule has 0 bridgehead atoms. The summed E-state index contributed by atoms with van der Waals surface area (Å²) in [6.45, 7) is 0.558. The molecule has 1 aromatic rings. The predicted octanol–water partition coefficient (Wildman–Crippen LogP) is 1.25. The lowest BCUT2D eigenvalue weighted by Crippen LogP contribution is -2.36. The highest BCUT2D eigenvalue weighted by atomic mass is 19.1. The second kappa shape index (κ2) is 6.25. The van der Waals surface area contributed by atoms with E-state index in [9.17, 15) is 14.0 Å². The number of benzene rings is 1. The average Bonchev–Trinajstić information content (AvgIpc) is 2.50. The third-order valence-electron chi connectivity index (χ3n) is 2.93. The Hall–Kier alpha value is -2.57.